The molecule has 1 N–H and O–H groups in total. The molecule has 0 bridgehead atoms. The van der Waals surface area contributed by atoms with Crippen LogP contribution in [-0.2, 0) is 24.2 Å². The van der Waals surface area contributed by atoms with E-state index in [4.69, 9.17) is 13.9 Å². The molecule has 0 aliphatic heterocycles. The minimum atomic E-state index is -0.379. The van der Waals surface area contributed by atoms with E-state index in [1.807, 2.05) is 30.4 Å². The van der Waals surface area contributed by atoms with Crippen molar-refractivity contribution in [3.63, 3.8) is 0 Å². The van der Waals surface area contributed by atoms with E-state index in [1.54, 1.807) is 18.2 Å². The second-order valence-corrected chi connectivity index (χ2v) is 7.00. The van der Waals surface area contributed by atoms with Gasteiger partial charge in [-0.05, 0) is 48.7 Å². The monoisotopic (exact) mass is 434 g/mol. The fourth-order valence-corrected chi connectivity index (χ4v) is 3.00. The van der Waals surface area contributed by atoms with Crippen LogP contribution < -0.4 is 0 Å². The quantitative estimate of drug-likeness (QED) is 0.302. The normalized spacial score (nSPS) is 10.6. The summed E-state index contributed by atoms with van der Waals surface area (Å²) >= 11 is 0. The maximum Gasteiger partial charge on any atom is 0.337 e. The van der Waals surface area contributed by atoms with Gasteiger partial charge in [-0.3, -0.25) is 0 Å². The highest BCUT2D eigenvalue weighted by Gasteiger charge is 2.10. The molecular weight excluding hydrogens is 408 g/mol. The first-order chi connectivity index (χ1) is 15.6. The van der Waals surface area contributed by atoms with Gasteiger partial charge in [0.1, 0.15) is 11.0 Å². The summed E-state index contributed by atoms with van der Waals surface area (Å²) < 4.78 is 15.7. The lowest BCUT2D eigenvalue weighted by molar-refractivity contribution is 0.0600. The summed E-state index contributed by atoms with van der Waals surface area (Å²) in [5.74, 6) is 0.998. The van der Waals surface area contributed by atoms with Crippen LogP contribution in [0.2, 0.25) is 0 Å². The van der Waals surface area contributed by atoms with Gasteiger partial charge in [-0.15, -0.1) is 13.2 Å². The Hall–Kier alpha value is -3.71. The molecular formula is C25H26N2O5. The number of rotatable bonds is 8. The first kappa shape index (κ1) is 23.0. The van der Waals surface area contributed by atoms with E-state index in [0.29, 0.717) is 23.5 Å². The average molecular weight is 434 g/mol. The molecule has 0 aliphatic carbocycles. The third kappa shape index (κ3) is 5.70. The zero-order valence-electron chi connectivity index (χ0n) is 18.0. The number of fused-ring (bicyclic) bond motifs is 2. The number of methoxy groups -OCH3 is 1. The Morgan fingerprint density at radius 1 is 0.969 bits per heavy atom. The lowest BCUT2D eigenvalue weighted by atomic mass is 10.2. The summed E-state index contributed by atoms with van der Waals surface area (Å²) in [5.41, 5.74) is 4.23. The lowest BCUT2D eigenvalue weighted by Crippen LogP contribution is -2.00. The van der Waals surface area contributed by atoms with Crippen LogP contribution in [0.5, 0.6) is 0 Å². The number of aromatic nitrogens is 2. The molecule has 2 aromatic carbocycles. The molecule has 2 aromatic heterocycles. The molecule has 166 valence electrons. The summed E-state index contributed by atoms with van der Waals surface area (Å²) in [6.45, 7) is 7.33. The Balaban J connectivity index is 0.000000182. The van der Waals surface area contributed by atoms with Gasteiger partial charge in [-0.1, -0.05) is 18.2 Å². The zero-order valence-corrected chi connectivity index (χ0v) is 18.0. The standard InChI is InChI=1S/C13H13NO3.C12H13NO2/c1-3-4-5-12-14-10-7-6-9(13(15)16-2)8-11(10)17-12;1-2-3-4-12-13-10-6-5-9(8-14)7-11(10)15-12/h3,6-8H,1,4-5H2,2H3;2,5-7,14H,1,3-4,8H2. The Labute approximate surface area is 186 Å². The summed E-state index contributed by atoms with van der Waals surface area (Å²) in [6, 6.07) is 10.6. The maximum atomic E-state index is 11.3. The number of aliphatic hydroxyl groups excluding tert-OH is 1. The number of hydrogen-bond donors (Lipinski definition) is 1. The predicted octanol–water partition coefficient (Wildman–Crippen LogP) is 5.17. The minimum absolute atomic E-state index is 0.0264. The first-order valence-corrected chi connectivity index (χ1v) is 10.3. The van der Waals surface area contributed by atoms with Crippen molar-refractivity contribution >= 4 is 28.2 Å². The molecule has 0 atom stereocenters. The molecule has 0 aliphatic rings. The molecule has 4 aromatic rings. The van der Waals surface area contributed by atoms with Crippen LogP contribution in [0.3, 0.4) is 0 Å². The second kappa shape index (κ2) is 11.1. The smallest absolute Gasteiger partial charge is 0.337 e. The fraction of sp³-hybridized carbons (Fsp3) is 0.240. The number of benzene rings is 2. The number of oxazole rings is 2. The van der Waals surface area contributed by atoms with Crippen molar-refractivity contribution in [2.45, 2.75) is 32.3 Å². The Kier molecular flexibility index (Phi) is 7.94. The van der Waals surface area contributed by atoms with Crippen molar-refractivity contribution in [3.8, 4) is 0 Å². The predicted molar refractivity (Wildman–Crippen MR) is 122 cm³/mol. The van der Waals surface area contributed by atoms with Gasteiger partial charge in [0.15, 0.2) is 22.9 Å². The number of ether oxygens (including phenoxy) is 1. The number of carbonyl (C=O) groups is 1. The third-order valence-corrected chi connectivity index (χ3v) is 4.66. The topological polar surface area (TPSA) is 98.6 Å². The van der Waals surface area contributed by atoms with Crippen molar-refractivity contribution in [2.24, 2.45) is 0 Å². The van der Waals surface area contributed by atoms with Gasteiger partial charge in [0, 0.05) is 12.8 Å². The zero-order chi connectivity index (χ0) is 22.9. The van der Waals surface area contributed by atoms with E-state index in [9.17, 15) is 4.79 Å². The van der Waals surface area contributed by atoms with Gasteiger partial charge < -0.3 is 18.7 Å². The lowest BCUT2D eigenvalue weighted by Gasteiger charge is -1.96. The van der Waals surface area contributed by atoms with Crippen molar-refractivity contribution in [1.29, 1.82) is 0 Å². The molecule has 4 rings (SSSR count). The Morgan fingerprint density at radius 3 is 2.06 bits per heavy atom. The number of aryl methyl sites for hydroxylation is 2. The molecule has 0 unspecified atom stereocenters. The van der Waals surface area contributed by atoms with Gasteiger partial charge in [0.2, 0.25) is 0 Å². The summed E-state index contributed by atoms with van der Waals surface area (Å²) in [6.07, 6.45) is 6.82. The van der Waals surface area contributed by atoms with E-state index in [0.717, 1.165) is 47.3 Å². The number of nitrogens with zero attached hydrogens (tertiary/aromatic N) is 2. The Morgan fingerprint density at radius 2 is 1.53 bits per heavy atom. The van der Waals surface area contributed by atoms with E-state index < -0.39 is 0 Å². The first-order valence-electron chi connectivity index (χ1n) is 10.3. The Bertz CT molecular complexity index is 1220. The van der Waals surface area contributed by atoms with Crippen molar-refractivity contribution in [2.75, 3.05) is 7.11 Å². The summed E-state index contributed by atoms with van der Waals surface area (Å²) in [4.78, 5) is 20.0. The fourth-order valence-electron chi connectivity index (χ4n) is 3.00. The van der Waals surface area contributed by atoms with Crippen LogP contribution in [0.15, 0.2) is 70.5 Å². The van der Waals surface area contributed by atoms with E-state index in [-0.39, 0.29) is 12.6 Å². The molecule has 0 fully saturated rings. The summed E-state index contributed by atoms with van der Waals surface area (Å²) in [5, 5.41) is 8.97. The van der Waals surface area contributed by atoms with Crippen LogP contribution in [-0.4, -0.2) is 28.2 Å². The van der Waals surface area contributed by atoms with Crippen molar-refractivity contribution in [3.05, 3.63) is 84.6 Å². The van der Waals surface area contributed by atoms with E-state index in [1.165, 1.54) is 7.11 Å². The highest BCUT2D eigenvalue weighted by atomic mass is 16.5. The van der Waals surface area contributed by atoms with Crippen LogP contribution >= 0.6 is 0 Å². The minimum Gasteiger partial charge on any atom is -0.465 e. The van der Waals surface area contributed by atoms with E-state index in [2.05, 4.69) is 27.9 Å². The largest absolute Gasteiger partial charge is 0.465 e. The molecule has 0 saturated heterocycles. The van der Waals surface area contributed by atoms with Gasteiger partial charge in [0.05, 0.1) is 19.3 Å². The number of esters is 1. The molecule has 0 spiro atoms. The molecule has 0 saturated carbocycles. The molecule has 0 radical (unpaired) electrons. The van der Waals surface area contributed by atoms with Crippen LogP contribution in [0.25, 0.3) is 22.2 Å². The van der Waals surface area contributed by atoms with Crippen molar-refractivity contribution in [1.82, 2.24) is 9.97 Å². The SMILES string of the molecule is C=CCCc1nc2ccc(C(=O)OC)cc2o1.C=CCCc1nc2ccc(CO)cc2o1. The second-order valence-electron chi connectivity index (χ2n) is 7.00. The molecule has 7 heteroatoms. The number of aliphatic hydroxyl groups is 1. The number of hydrogen-bond acceptors (Lipinski definition) is 7. The highest BCUT2D eigenvalue weighted by Crippen LogP contribution is 2.19. The van der Waals surface area contributed by atoms with Crippen molar-refractivity contribution < 1.29 is 23.5 Å². The van der Waals surface area contributed by atoms with Gasteiger partial charge >= 0.3 is 5.97 Å². The van der Waals surface area contributed by atoms with E-state index >= 15 is 0 Å². The highest BCUT2D eigenvalue weighted by molar-refractivity contribution is 5.93. The third-order valence-electron chi connectivity index (χ3n) is 4.66. The van der Waals surface area contributed by atoms with Crippen LogP contribution in [0.4, 0.5) is 0 Å². The van der Waals surface area contributed by atoms with Gasteiger partial charge in [-0.2, -0.15) is 0 Å². The number of allylic oxidation sites excluding steroid dienone is 2. The number of carbonyl (C=O) groups excluding carboxylic acids is 1. The molecule has 32 heavy (non-hydrogen) atoms. The molecule has 2 heterocycles. The van der Waals surface area contributed by atoms with Gasteiger partial charge in [-0.25, -0.2) is 14.8 Å². The maximum absolute atomic E-state index is 11.3. The summed E-state index contributed by atoms with van der Waals surface area (Å²) in [7, 11) is 1.35. The average Bonchev–Trinajstić information content (AvgIpc) is 3.43. The molecule has 7 nitrogen and oxygen atoms in total. The van der Waals surface area contributed by atoms with Crippen LogP contribution in [0, 0.1) is 0 Å². The van der Waals surface area contributed by atoms with Gasteiger partial charge in [0.25, 0.3) is 0 Å². The molecule has 0 amide bonds. The van der Waals surface area contributed by atoms with Crippen LogP contribution in [0.1, 0.15) is 40.5 Å².